The number of nitrogens with zero attached hydrogens (tertiary/aromatic N) is 1. The first-order valence-corrected chi connectivity index (χ1v) is 8.96. The number of amides is 1. The Kier molecular flexibility index (Phi) is 5.94. The van der Waals surface area contributed by atoms with Crippen molar-refractivity contribution >= 4 is 34.6 Å². The maximum Gasteiger partial charge on any atom is 0.257 e. The lowest BCUT2D eigenvalue weighted by atomic mass is 10.2. The fourth-order valence-corrected chi connectivity index (χ4v) is 2.75. The van der Waals surface area contributed by atoms with Crippen LogP contribution in [0.2, 0.25) is 5.02 Å². The van der Waals surface area contributed by atoms with Crippen molar-refractivity contribution in [2.24, 2.45) is 0 Å². The number of rotatable bonds is 6. The Morgan fingerprint density at radius 1 is 1.11 bits per heavy atom. The van der Waals surface area contributed by atoms with Crippen molar-refractivity contribution in [1.82, 2.24) is 4.98 Å². The molecule has 2 aromatic carbocycles. The molecule has 3 aromatic rings. The molecule has 1 amide bonds. The second kappa shape index (κ2) is 8.56. The Morgan fingerprint density at radius 3 is 2.70 bits per heavy atom. The number of nitrogens with one attached hydrogen (secondary N) is 2. The predicted molar refractivity (Wildman–Crippen MR) is 109 cm³/mol. The highest BCUT2D eigenvalue weighted by Crippen LogP contribution is 2.28. The summed E-state index contributed by atoms with van der Waals surface area (Å²) in [5.74, 6) is 0.485. The number of hydrogen-bond acceptors (Lipinski definition) is 4. The van der Waals surface area contributed by atoms with E-state index in [1.54, 1.807) is 24.4 Å². The van der Waals surface area contributed by atoms with E-state index >= 15 is 0 Å². The van der Waals surface area contributed by atoms with Crippen molar-refractivity contribution in [3.8, 4) is 5.75 Å². The quantitative estimate of drug-likeness (QED) is 0.597. The Morgan fingerprint density at radius 2 is 1.89 bits per heavy atom. The molecule has 0 unspecified atom stereocenters. The van der Waals surface area contributed by atoms with Crippen LogP contribution in [0.15, 0.2) is 60.9 Å². The first-order chi connectivity index (χ1) is 13.1. The van der Waals surface area contributed by atoms with Crippen LogP contribution in [-0.2, 0) is 0 Å². The fourth-order valence-electron chi connectivity index (χ4n) is 2.58. The zero-order valence-electron chi connectivity index (χ0n) is 15.1. The lowest BCUT2D eigenvalue weighted by Gasteiger charge is -2.13. The fraction of sp³-hybridized carbons (Fsp3) is 0.143. The van der Waals surface area contributed by atoms with Crippen LogP contribution < -0.4 is 15.4 Å². The van der Waals surface area contributed by atoms with Crippen LogP contribution in [0.25, 0.3) is 0 Å². The van der Waals surface area contributed by atoms with Gasteiger partial charge in [-0.2, -0.15) is 0 Å². The number of ether oxygens (including phenoxy) is 1. The topological polar surface area (TPSA) is 63.2 Å². The molecule has 0 saturated carbocycles. The van der Waals surface area contributed by atoms with E-state index in [0.29, 0.717) is 28.6 Å². The molecule has 0 radical (unpaired) electrons. The SMILES string of the molecule is CCOc1ccccc1Nc1cncc(C(=O)Nc2cccc(Cl)c2C)c1. The van der Waals surface area contributed by atoms with Gasteiger partial charge in [0.2, 0.25) is 0 Å². The second-order valence-electron chi connectivity index (χ2n) is 5.88. The molecule has 2 N–H and O–H groups in total. The highest BCUT2D eigenvalue weighted by molar-refractivity contribution is 6.31. The third-order valence-corrected chi connectivity index (χ3v) is 4.39. The van der Waals surface area contributed by atoms with Gasteiger partial charge in [-0.05, 0) is 49.7 Å². The van der Waals surface area contributed by atoms with Crippen molar-refractivity contribution in [3.05, 3.63) is 77.1 Å². The van der Waals surface area contributed by atoms with E-state index in [2.05, 4.69) is 15.6 Å². The van der Waals surface area contributed by atoms with Gasteiger partial charge < -0.3 is 15.4 Å². The van der Waals surface area contributed by atoms with Crippen molar-refractivity contribution in [3.63, 3.8) is 0 Å². The monoisotopic (exact) mass is 381 g/mol. The van der Waals surface area contributed by atoms with Crippen molar-refractivity contribution in [1.29, 1.82) is 0 Å². The molecule has 6 heteroatoms. The van der Waals surface area contributed by atoms with Gasteiger partial charge in [-0.1, -0.05) is 29.8 Å². The van der Waals surface area contributed by atoms with Gasteiger partial charge in [0, 0.05) is 16.9 Å². The summed E-state index contributed by atoms with van der Waals surface area (Å²) < 4.78 is 5.62. The Labute approximate surface area is 163 Å². The molecule has 0 spiro atoms. The Bertz CT molecular complexity index is 960. The van der Waals surface area contributed by atoms with E-state index in [4.69, 9.17) is 16.3 Å². The number of halogens is 1. The lowest BCUT2D eigenvalue weighted by Crippen LogP contribution is -2.13. The van der Waals surface area contributed by atoms with Crippen molar-refractivity contribution < 1.29 is 9.53 Å². The summed E-state index contributed by atoms with van der Waals surface area (Å²) in [4.78, 5) is 16.8. The van der Waals surface area contributed by atoms with Gasteiger partial charge in [0.15, 0.2) is 0 Å². The molecule has 138 valence electrons. The summed E-state index contributed by atoms with van der Waals surface area (Å²) >= 11 is 6.11. The highest BCUT2D eigenvalue weighted by atomic mass is 35.5. The molecular weight excluding hydrogens is 362 g/mol. The molecule has 0 saturated heterocycles. The van der Waals surface area contributed by atoms with Gasteiger partial charge >= 0.3 is 0 Å². The predicted octanol–water partition coefficient (Wildman–Crippen LogP) is 5.44. The summed E-state index contributed by atoms with van der Waals surface area (Å²) in [6.07, 6.45) is 3.18. The van der Waals surface area contributed by atoms with Gasteiger partial charge in [-0.15, -0.1) is 0 Å². The number of carbonyl (C=O) groups is 1. The number of benzene rings is 2. The lowest BCUT2D eigenvalue weighted by molar-refractivity contribution is 0.102. The van der Waals surface area contributed by atoms with Crippen LogP contribution in [0.5, 0.6) is 5.75 Å². The molecule has 27 heavy (non-hydrogen) atoms. The third kappa shape index (κ3) is 4.57. The van der Waals surface area contributed by atoms with Crippen LogP contribution in [0.3, 0.4) is 0 Å². The average Bonchev–Trinajstić information content (AvgIpc) is 2.67. The maximum atomic E-state index is 12.6. The van der Waals surface area contributed by atoms with E-state index in [9.17, 15) is 4.79 Å². The van der Waals surface area contributed by atoms with E-state index in [-0.39, 0.29) is 5.91 Å². The molecule has 1 aromatic heterocycles. The second-order valence-corrected chi connectivity index (χ2v) is 6.29. The van der Waals surface area contributed by atoms with Crippen molar-refractivity contribution in [2.45, 2.75) is 13.8 Å². The van der Waals surface area contributed by atoms with E-state index < -0.39 is 0 Å². The first-order valence-electron chi connectivity index (χ1n) is 8.59. The van der Waals surface area contributed by atoms with E-state index in [0.717, 1.165) is 17.0 Å². The smallest absolute Gasteiger partial charge is 0.257 e. The van der Waals surface area contributed by atoms with Crippen LogP contribution in [0, 0.1) is 6.92 Å². The molecule has 0 atom stereocenters. The number of carbonyl (C=O) groups excluding carboxylic acids is 1. The minimum absolute atomic E-state index is 0.255. The first kappa shape index (κ1) is 18.7. The number of aromatic nitrogens is 1. The summed E-state index contributed by atoms with van der Waals surface area (Å²) in [6.45, 7) is 4.36. The van der Waals surface area contributed by atoms with Gasteiger partial charge in [0.05, 0.1) is 29.7 Å². The summed E-state index contributed by atoms with van der Waals surface area (Å²) in [5, 5.41) is 6.73. The molecule has 0 aliphatic rings. The van der Waals surface area contributed by atoms with Gasteiger partial charge in [0.1, 0.15) is 5.75 Å². The van der Waals surface area contributed by atoms with Crippen LogP contribution in [0.4, 0.5) is 17.1 Å². The standard InChI is InChI=1S/C21H20ClN3O2/c1-3-27-20-10-5-4-8-19(20)24-16-11-15(12-23-13-16)21(26)25-18-9-6-7-17(22)14(18)2/h4-13,24H,3H2,1-2H3,(H,25,26). The molecule has 0 aliphatic carbocycles. The van der Waals surface area contributed by atoms with Crippen LogP contribution in [-0.4, -0.2) is 17.5 Å². The third-order valence-electron chi connectivity index (χ3n) is 3.98. The number of hydrogen-bond donors (Lipinski definition) is 2. The largest absolute Gasteiger partial charge is 0.492 e. The molecule has 0 aliphatic heterocycles. The minimum Gasteiger partial charge on any atom is -0.492 e. The summed E-state index contributed by atoms with van der Waals surface area (Å²) in [6, 6.07) is 14.8. The van der Waals surface area contributed by atoms with Crippen LogP contribution >= 0.6 is 11.6 Å². The normalized spacial score (nSPS) is 10.3. The van der Waals surface area contributed by atoms with E-state index in [1.807, 2.05) is 44.2 Å². The Hall–Kier alpha value is -3.05. The molecular formula is C21H20ClN3O2. The van der Waals surface area contributed by atoms with Gasteiger partial charge in [-0.3, -0.25) is 9.78 Å². The molecule has 1 heterocycles. The van der Waals surface area contributed by atoms with E-state index in [1.165, 1.54) is 6.20 Å². The molecule has 5 nitrogen and oxygen atoms in total. The number of para-hydroxylation sites is 2. The highest BCUT2D eigenvalue weighted by Gasteiger charge is 2.11. The molecule has 0 bridgehead atoms. The maximum absolute atomic E-state index is 12.6. The van der Waals surface area contributed by atoms with Gasteiger partial charge in [-0.25, -0.2) is 0 Å². The summed E-state index contributed by atoms with van der Waals surface area (Å²) in [5.41, 5.74) is 3.43. The molecule has 0 fully saturated rings. The number of pyridine rings is 1. The summed E-state index contributed by atoms with van der Waals surface area (Å²) in [7, 11) is 0. The zero-order valence-corrected chi connectivity index (χ0v) is 15.9. The van der Waals surface area contributed by atoms with Gasteiger partial charge in [0.25, 0.3) is 5.91 Å². The van der Waals surface area contributed by atoms with Crippen LogP contribution in [0.1, 0.15) is 22.8 Å². The minimum atomic E-state index is -0.255. The Balaban J connectivity index is 1.79. The zero-order chi connectivity index (χ0) is 19.2. The average molecular weight is 382 g/mol. The molecule has 3 rings (SSSR count). The van der Waals surface area contributed by atoms with Crippen molar-refractivity contribution in [2.75, 3.05) is 17.2 Å². The number of anilines is 3.